The number of hydrogen-bond acceptors (Lipinski definition) is 12. The van der Waals surface area contributed by atoms with Gasteiger partial charge >= 0.3 is 11.9 Å². The highest BCUT2D eigenvalue weighted by atomic mass is 16.6. The molecule has 0 aliphatic rings. The van der Waals surface area contributed by atoms with Crippen LogP contribution in [0.25, 0.3) is 0 Å². The number of hydrogen-bond donors (Lipinski definition) is 1. The van der Waals surface area contributed by atoms with Crippen LogP contribution in [0.2, 0.25) is 0 Å². The van der Waals surface area contributed by atoms with Crippen molar-refractivity contribution < 1.29 is 62.1 Å². The van der Waals surface area contributed by atoms with Gasteiger partial charge in [0, 0.05) is 13.0 Å². The lowest BCUT2D eigenvalue weighted by molar-refractivity contribution is -0.151. The Morgan fingerprint density at radius 1 is 0.391 bits per heavy atom. The Labute approximate surface area is 276 Å². The molecule has 0 heterocycles. The third-order valence-electron chi connectivity index (χ3n) is 6.53. The van der Waals surface area contributed by atoms with Crippen molar-refractivity contribution in [3.8, 4) is 0 Å². The lowest BCUT2D eigenvalue weighted by atomic mass is 10.1. The van der Waals surface area contributed by atoms with E-state index >= 15 is 0 Å². The van der Waals surface area contributed by atoms with Gasteiger partial charge in [-0.05, 0) is 6.42 Å². The van der Waals surface area contributed by atoms with Crippen molar-refractivity contribution in [1.29, 1.82) is 0 Å². The fraction of sp³-hybridized carbons (Fsp3) is 0.909. The molecule has 0 aromatic carbocycles. The Hall–Kier alpha value is -1.71. The number of aliphatic carboxylic acids is 1. The van der Waals surface area contributed by atoms with Crippen molar-refractivity contribution in [3.63, 3.8) is 0 Å². The zero-order valence-electron chi connectivity index (χ0n) is 28.4. The summed E-state index contributed by atoms with van der Waals surface area (Å²) in [5.41, 5.74) is 0. The van der Waals surface area contributed by atoms with Gasteiger partial charge in [-0.15, -0.1) is 0 Å². The minimum absolute atomic E-state index is 0.0214. The average molecular weight is 667 g/mol. The van der Waals surface area contributed by atoms with Gasteiger partial charge < -0.3 is 47.7 Å². The Morgan fingerprint density at radius 3 is 1.04 bits per heavy atom. The van der Waals surface area contributed by atoms with Gasteiger partial charge in [-0.1, -0.05) is 64.7 Å². The third-order valence-corrected chi connectivity index (χ3v) is 6.53. The van der Waals surface area contributed by atoms with E-state index in [4.69, 9.17) is 47.7 Å². The van der Waals surface area contributed by atoms with E-state index in [0.717, 1.165) is 13.0 Å². The van der Waals surface area contributed by atoms with Crippen LogP contribution in [0.1, 0.15) is 84.0 Å². The van der Waals surface area contributed by atoms with E-state index in [0.29, 0.717) is 92.5 Å². The van der Waals surface area contributed by atoms with Gasteiger partial charge in [0.05, 0.1) is 106 Å². The Kier molecular flexibility index (Phi) is 36.3. The number of ketones is 1. The maximum absolute atomic E-state index is 11.4. The summed E-state index contributed by atoms with van der Waals surface area (Å²) in [6, 6.07) is 0. The second kappa shape index (κ2) is 37.7. The number of carbonyl (C=O) groups excluding carboxylic acids is 2. The number of carboxylic acid groups (broad SMARTS) is 1. The first-order valence-electron chi connectivity index (χ1n) is 17.1. The number of carbonyl (C=O) groups is 3. The number of unbranched alkanes of at least 4 members (excludes halogenated alkanes) is 9. The summed E-state index contributed by atoms with van der Waals surface area (Å²) >= 11 is 0. The number of Topliss-reactive ketones (excluding diaryl/α,β-unsaturated/α-hetero) is 1. The molecule has 1 N–H and O–H groups in total. The highest BCUT2D eigenvalue weighted by Crippen LogP contribution is 2.10. The van der Waals surface area contributed by atoms with Crippen LogP contribution < -0.4 is 0 Å². The van der Waals surface area contributed by atoms with E-state index < -0.39 is 17.7 Å². The van der Waals surface area contributed by atoms with Gasteiger partial charge in [-0.25, -0.2) is 4.79 Å². The Morgan fingerprint density at radius 2 is 0.696 bits per heavy atom. The van der Waals surface area contributed by atoms with Crippen LogP contribution in [0.4, 0.5) is 0 Å². The molecule has 0 atom stereocenters. The minimum atomic E-state index is -1.56. The molecule has 0 aliphatic carbocycles. The SMILES string of the molecule is CCCCCCCCCCCCOCCOCCOCCOCCOCCOCCOCCOCCOC(=O)CCC(=O)C(=O)O. The summed E-state index contributed by atoms with van der Waals surface area (Å²) in [4.78, 5) is 32.6. The van der Waals surface area contributed by atoms with Gasteiger partial charge in [0.25, 0.3) is 0 Å². The maximum Gasteiger partial charge on any atom is 0.372 e. The average Bonchev–Trinajstić information content (AvgIpc) is 3.05. The summed E-state index contributed by atoms with van der Waals surface area (Å²) in [5, 5.41) is 8.44. The molecule has 0 aromatic rings. The molecule has 0 spiro atoms. The van der Waals surface area contributed by atoms with Crippen LogP contribution in [0, 0.1) is 0 Å². The topological polar surface area (TPSA) is 155 Å². The first kappa shape index (κ1) is 44.3. The van der Waals surface area contributed by atoms with Crippen LogP contribution in [-0.4, -0.2) is 135 Å². The largest absolute Gasteiger partial charge is 0.476 e. The van der Waals surface area contributed by atoms with Crippen molar-refractivity contribution in [2.75, 3.05) is 112 Å². The zero-order chi connectivity index (χ0) is 33.6. The van der Waals surface area contributed by atoms with Crippen LogP contribution >= 0.6 is 0 Å². The Bertz CT molecular complexity index is 678. The quantitative estimate of drug-likeness (QED) is 0.0571. The number of carboxylic acids is 1. The standard InChI is InChI=1S/C33H62O13/c1-2-3-4-5-6-7-8-9-10-11-14-38-15-16-39-17-18-40-19-20-41-21-22-42-23-24-43-25-26-44-27-28-45-29-30-46-32(35)13-12-31(34)33(36)37/h2-30H2,1H3,(H,36,37). The lowest BCUT2D eigenvalue weighted by Crippen LogP contribution is -2.17. The maximum atomic E-state index is 11.4. The van der Waals surface area contributed by atoms with Gasteiger partial charge in [0.1, 0.15) is 6.61 Å². The van der Waals surface area contributed by atoms with E-state index in [9.17, 15) is 14.4 Å². The van der Waals surface area contributed by atoms with Gasteiger partial charge in [-0.2, -0.15) is 0 Å². The minimum Gasteiger partial charge on any atom is -0.476 e. The van der Waals surface area contributed by atoms with E-state index in [-0.39, 0.29) is 26.1 Å². The molecular weight excluding hydrogens is 604 g/mol. The number of esters is 1. The summed E-state index contributed by atoms with van der Waals surface area (Å²) < 4.78 is 48.5. The molecule has 0 amide bonds. The van der Waals surface area contributed by atoms with Crippen molar-refractivity contribution >= 4 is 17.7 Å². The van der Waals surface area contributed by atoms with E-state index in [1.165, 1.54) is 57.8 Å². The van der Waals surface area contributed by atoms with E-state index in [1.807, 2.05) is 0 Å². The molecule has 0 rings (SSSR count). The van der Waals surface area contributed by atoms with Crippen molar-refractivity contribution in [2.45, 2.75) is 84.0 Å². The van der Waals surface area contributed by atoms with Crippen LogP contribution in [0.3, 0.4) is 0 Å². The number of ether oxygens (including phenoxy) is 9. The molecule has 0 radical (unpaired) electrons. The predicted octanol–water partition coefficient (Wildman–Crippen LogP) is 4.02. The van der Waals surface area contributed by atoms with Crippen LogP contribution in [-0.2, 0) is 57.0 Å². The van der Waals surface area contributed by atoms with E-state index in [1.54, 1.807) is 0 Å². The molecule has 13 heteroatoms. The highest BCUT2D eigenvalue weighted by molar-refractivity contribution is 6.32. The molecule has 13 nitrogen and oxygen atoms in total. The summed E-state index contributed by atoms with van der Waals surface area (Å²) in [5.74, 6) is -3.22. The Balaban J connectivity index is 3.11. The van der Waals surface area contributed by atoms with Gasteiger partial charge in [0.15, 0.2) is 0 Å². The molecule has 272 valence electrons. The smallest absolute Gasteiger partial charge is 0.372 e. The fourth-order valence-electron chi connectivity index (χ4n) is 3.94. The van der Waals surface area contributed by atoms with Gasteiger partial charge in [0.2, 0.25) is 5.78 Å². The molecule has 0 unspecified atom stereocenters. The normalized spacial score (nSPS) is 11.2. The summed E-state index contributed by atoms with van der Waals surface area (Å²) in [7, 11) is 0. The van der Waals surface area contributed by atoms with Gasteiger partial charge in [-0.3, -0.25) is 9.59 Å². The molecule has 0 aromatic heterocycles. The molecular formula is C33H62O13. The second-order valence-electron chi connectivity index (χ2n) is 10.5. The molecule has 0 aliphatic heterocycles. The summed E-state index contributed by atoms with van der Waals surface area (Å²) in [6.07, 6.45) is 12.7. The number of rotatable bonds is 39. The van der Waals surface area contributed by atoms with E-state index in [2.05, 4.69) is 6.92 Å². The highest BCUT2D eigenvalue weighted by Gasteiger charge is 2.14. The zero-order valence-corrected chi connectivity index (χ0v) is 28.4. The van der Waals surface area contributed by atoms with Crippen molar-refractivity contribution in [1.82, 2.24) is 0 Å². The molecule has 0 saturated carbocycles. The van der Waals surface area contributed by atoms with Crippen LogP contribution in [0.15, 0.2) is 0 Å². The third kappa shape index (κ3) is 36.8. The molecule has 0 fully saturated rings. The molecule has 0 bridgehead atoms. The first-order chi connectivity index (χ1) is 22.6. The monoisotopic (exact) mass is 666 g/mol. The second-order valence-corrected chi connectivity index (χ2v) is 10.5. The molecule has 0 saturated heterocycles. The predicted molar refractivity (Wildman–Crippen MR) is 171 cm³/mol. The summed E-state index contributed by atoms with van der Waals surface area (Å²) in [6.45, 7) is 10.0. The first-order valence-corrected chi connectivity index (χ1v) is 17.1. The lowest BCUT2D eigenvalue weighted by Gasteiger charge is -2.09. The molecule has 46 heavy (non-hydrogen) atoms. The van der Waals surface area contributed by atoms with Crippen LogP contribution in [0.5, 0.6) is 0 Å². The van der Waals surface area contributed by atoms with Crippen molar-refractivity contribution in [2.24, 2.45) is 0 Å². The fourth-order valence-corrected chi connectivity index (χ4v) is 3.94. The van der Waals surface area contributed by atoms with Crippen molar-refractivity contribution in [3.05, 3.63) is 0 Å².